The van der Waals surface area contributed by atoms with E-state index in [4.69, 9.17) is 0 Å². The lowest BCUT2D eigenvalue weighted by Gasteiger charge is -2.51. The van der Waals surface area contributed by atoms with E-state index in [1.54, 1.807) is 0 Å². The fourth-order valence-electron chi connectivity index (χ4n) is 15.1. The fraction of sp³-hybridized carbons (Fsp3) is 0.0732. The molecule has 2 aliphatic rings. The van der Waals surface area contributed by atoms with Crippen LogP contribution in [0, 0.1) is 27.7 Å². The molecular weight excluding hydrogens is 1010 g/mol. The highest BCUT2D eigenvalue weighted by Crippen LogP contribution is 2.73. The Morgan fingerprint density at radius 3 is 0.833 bits per heavy atom. The first-order valence-corrected chi connectivity index (χ1v) is 29.5. The number of anilines is 6. The van der Waals surface area contributed by atoms with E-state index in [1.807, 2.05) is 0 Å². The Bertz CT molecular complexity index is 4500. The Morgan fingerprint density at radius 1 is 0.226 bits per heavy atom. The molecule has 2 nitrogen and oxygen atoms in total. The fourth-order valence-corrected chi connectivity index (χ4v) is 15.1. The van der Waals surface area contributed by atoms with Gasteiger partial charge in [0.25, 0.3) is 0 Å². The summed E-state index contributed by atoms with van der Waals surface area (Å²) in [5.41, 5.74) is 22.2. The van der Waals surface area contributed by atoms with Gasteiger partial charge < -0.3 is 9.80 Å². The van der Waals surface area contributed by atoms with E-state index in [-0.39, 0.29) is 0 Å². The highest BCUT2D eigenvalue weighted by molar-refractivity contribution is 6.19. The van der Waals surface area contributed by atoms with Crippen molar-refractivity contribution in [2.24, 2.45) is 0 Å². The zero-order valence-electron chi connectivity index (χ0n) is 47.6. The summed E-state index contributed by atoms with van der Waals surface area (Å²) in [5, 5.41) is 9.72. The smallest absolute Gasteiger partial charge is 0.0642 e. The first kappa shape index (κ1) is 49.5. The Hall–Kier alpha value is -10.3. The topological polar surface area (TPSA) is 6.48 Å². The summed E-state index contributed by atoms with van der Waals surface area (Å²) < 4.78 is 0. The molecule has 14 aromatic rings. The molecule has 2 aliphatic carbocycles. The molecule has 0 fully saturated rings. The second kappa shape index (κ2) is 19.2. The van der Waals surface area contributed by atoms with Crippen LogP contribution in [-0.2, 0) is 10.8 Å². The Kier molecular flexibility index (Phi) is 11.3. The highest BCUT2D eigenvalue weighted by Gasteiger charge is 2.65. The second-order valence-corrected chi connectivity index (χ2v) is 23.4. The van der Waals surface area contributed by atoms with Crippen LogP contribution in [0.1, 0.15) is 55.6 Å². The lowest BCUT2D eigenvalue weighted by atomic mass is 9.49. The van der Waals surface area contributed by atoms with E-state index in [2.05, 4.69) is 329 Å². The molecule has 84 heavy (non-hydrogen) atoms. The molecule has 398 valence electrons. The van der Waals surface area contributed by atoms with Gasteiger partial charge in [-0.2, -0.15) is 0 Å². The number of benzene rings is 14. The normalized spacial score (nSPS) is 15.7. The third-order valence-electron chi connectivity index (χ3n) is 18.6. The van der Waals surface area contributed by atoms with Crippen LogP contribution in [0.2, 0.25) is 0 Å². The molecule has 0 radical (unpaired) electrons. The van der Waals surface area contributed by atoms with E-state index in [9.17, 15) is 0 Å². The van der Waals surface area contributed by atoms with Crippen LogP contribution in [0.3, 0.4) is 0 Å². The van der Waals surface area contributed by atoms with Crippen LogP contribution >= 0.6 is 0 Å². The van der Waals surface area contributed by atoms with Gasteiger partial charge in [-0.3, -0.25) is 0 Å². The van der Waals surface area contributed by atoms with Gasteiger partial charge in [-0.25, -0.2) is 0 Å². The lowest BCUT2D eigenvalue weighted by Crippen LogP contribution is -2.50. The minimum absolute atomic E-state index is 0.962. The molecule has 0 amide bonds. The molecule has 0 saturated carbocycles. The highest BCUT2D eigenvalue weighted by atomic mass is 15.2. The van der Waals surface area contributed by atoms with Gasteiger partial charge in [0, 0.05) is 33.5 Å². The summed E-state index contributed by atoms with van der Waals surface area (Å²) in [4.78, 5) is 5.04. The van der Waals surface area contributed by atoms with Crippen LogP contribution in [0.25, 0.3) is 65.3 Å². The van der Waals surface area contributed by atoms with Crippen molar-refractivity contribution in [3.63, 3.8) is 0 Å². The quantitative estimate of drug-likeness (QED) is 0.142. The molecule has 16 rings (SSSR count). The predicted octanol–water partition coefficient (Wildman–Crippen LogP) is 21.8. The number of rotatable bonds is 9. The van der Waals surface area contributed by atoms with Crippen LogP contribution in [0.5, 0.6) is 0 Å². The summed E-state index contributed by atoms with van der Waals surface area (Å²) in [6, 6.07) is 111. The van der Waals surface area contributed by atoms with Crippen molar-refractivity contribution in [1.29, 1.82) is 0 Å². The van der Waals surface area contributed by atoms with Gasteiger partial charge in [0.15, 0.2) is 0 Å². The monoisotopic (exact) mass is 1070 g/mol. The zero-order valence-corrected chi connectivity index (χ0v) is 47.6. The lowest BCUT2D eigenvalue weighted by molar-refractivity contribution is 0.438. The Morgan fingerprint density at radius 2 is 0.500 bits per heavy atom. The van der Waals surface area contributed by atoms with E-state index in [0.29, 0.717) is 0 Å². The van der Waals surface area contributed by atoms with Gasteiger partial charge in [0.1, 0.15) is 0 Å². The van der Waals surface area contributed by atoms with E-state index in [0.717, 1.165) is 34.1 Å². The molecule has 0 aliphatic heterocycles. The van der Waals surface area contributed by atoms with Crippen molar-refractivity contribution >= 4 is 77.2 Å². The van der Waals surface area contributed by atoms with Crippen LogP contribution in [-0.4, -0.2) is 0 Å². The predicted molar refractivity (Wildman–Crippen MR) is 355 cm³/mol. The maximum absolute atomic E-state index is 2.63. The molecule has 0 bridgehead atoms. The molecule has 0 N–H and O–H groups in total. The summed E-state index contributed by atoms with van der Waals surface area (Å²) in [6.07, 6.45) is 0. The van der Waals surface area contributed by atoms with Crippen molar-refractivity contribution in [3.05, 3.63) is 347 Å². The Balaban J connectivity index is 1.17. The van der Waals surface area contributed by atoms with E-state index >= 15 is 0 Å². The summed E-state index contributed by atoms with van der Waals surface area (Å²) in [6.45, 7) is 8.72. The first-order chi connectivity index (χ1) is 41.3. The van der Waals surface area contributed by atoms with Crippen LogP contribution < -0.4 is 9.80 Å². The van der Waals surface area contributed by atoms with Crippen molar-refractivity contribution in [1.82, 2.24) is 0 Å². The van der Waals surface area contributed by atoms with Crippen molar-refractivity contribution in [3.8, 4) is 22.3 Å². The minimum atomic E-state index is -0.962. The number of hydrogen-bond acceptors (Lipinski definition) is 2. The summed E-state index contributed by atoms with van der Waals surface area (Å²) in [5.74, 6) is 0. The van der Waals surface area contributed by atoms with Gasteiger partial charge in [-0.05, 0) is 176 Å². The van der Waals surface area contributed by atoms with Crippen LogP contribution in [0.4, 0.5) is 34.1 Å². The average molecular weight is 1070 g/mol. The minimum Gasteiger partial charge on any atom is -0.310 e. The second-order valence-electron chi connectivity index (χ2n) is 23.4. The average Bonchev–Trinajstić information content (AvgIpc) is 1.65. The maximum Gasteiger partial charge on any atom is 0.0642 e. The molecular formula is C82H60N2. The van der Waals surface area contributed by atoms with Crippen molar-refractivity contribution < 1.29 is 0 Å². The number of nitrogens with zero attached hydrogens (tertiary/aromatic N) is 2. The molecule has 14 aromatic carbocycles. The maximum atomic E-state index is 2.63. The van der Waals surface area contributed by atoms with E-state index in [1.165, 1.54) is 121 Å². The molecule has 2 heteroatoms. The molecule has 2 atom stereocenters. The van der Waals surface area contributed by atoms with Gasteiger partial charge in [0.2, 0.25) is 0 Å². The van der Waals surface area contributed by atoms with Gasteiger partial charge in [0.05, 0.1) is 22.2 Å². The van der Waals surface area contributed by atoms with Gasteiger partial charge >= 0.3 is 0 Å². The molecule has 0 heterocycles. The third-order valence-corrected chi connectivity index (χ3v) is 18.6. The molecule has 0 spiro atoms. The van der Waals surface area contributed by atoms with Crippen molar-refractivity contribution in [2.75, 3.05) is 9.80 Å². The number of hydrogen-bond donors (Lipinski definition) is 0. The molecule has 0 aromatic heterocycles. The number of fused-ring (bicyclic) bond motifs is 14. The first-order valence-electron chi connectivity index (χ1n) is 29.5. The third kappa shape index (κ3) is 7.10. The zero-order chi connectivity index (χ0) is 56.3. The van der Waals surface area contributed by atoms with Crippen molar-refractivity contribution in [2.45, 2.75) is 38.5 Å². The molecule has 0 saturated heterocycles. The van der Waals surface area contributed by atoms with E-state index < -0.39 is 10.8 Å². The molecule has 2 unspecified atom stereocenters. The number of aryl methyl sites for hydroxylation is 4. The standard InChI is InChI=1S/C82H60N2/c1-53-31-41-61(42-32-53)83(62-43-33-54(2)34-44-62)75-51-73-79(69-29-17-15-27-67(69)75)77-65-25-13-11-19-57(65)39-49-71(77)81(73,59-21-7-5-8-22-59)82(60-23-9-6-10-24-60)72-50-40-58-20-12-14-26-66(58)78(72)80-70-30-18-16-28-68(70)76(52-74(80)82)84(63-45-35-55(3)36-46-63)64-47-37-56(4)38-48-64/h5-52H,1-4H3. The summed E-state index contributed by atoms with van der Waals surface area (Å²) >= 11 is 0. The SMILES string of the molecule is Cc1ccc(N(c2ccc(C)cc2)c2cc3c(c4ccccc24)-c2c(ccc4ccccc24)C3(c2ccccc2)C2(c3ccccc3)c3ccc4ccccc4c3-c3c2cc(N(c2ccc(C)cc2)c2ccc(C)cc2)c2ccccc32)cc1. The van der Waals surface area contributed by atoms with Gasteiger partial charge in [-0.15, -0.1) is 0 Å². The largest absolute Gasteiger partial charge is 0.310 e. The van der Waals surface area contributed by atoms with Crippen LogP contribution in [0.15, 0.2) is 291 Å². The Labute approximate surface area is 491 Å². The summed E-state index contributed by atoms with van der Waals surface area (Å²) in [7, 11) is 0. The van der Waals surface area contributed by atoms with Gasteiger partial charge in [-0.1, -0.05) is 253 Å².